The third kappa shape index (κ3) is 3.20. The van der Waals surface area contributed by atoms with E-state index in [0.717, 1.165) is 13.1 Å². The van der Waals surface area contributed by atoms with Gasteiger partial charge < -0.3 is 5.32 Å². The highest BCUT2D eigenvalue weighted by atomic mass is 15.3. The standard InChI is InChI=1S/C20H28N4/c1-23-20-18(9-5-6-12-21-20)19(22-23)17-10-13-24(14-11-17)15-16-7-3-2-4-8-16/h2-4,7-8,17,21H,5-6,9-15H2,1H3. The Labute approximate surface area is 144 Å². The predicted molar refractivity (Wildman–Crippen MR) is 98.3 cm³/mol. The number of piperidine rings is 1. The molecule has 0 atom stereocenters. The number of hydrogen-bond acceptors (Lipinski definition) is 3. The Balaban J connectivity index is 1.43. The lowest BCUT2D eigenvalue weighted by molar-refractivity contribution is 0.202. The molecular formula is C20H28N4. The molecule has 2 aliphatic rings. The molecule has 2 aliphatic heterocycles. The molecule has 1 aromatic carbocycles. The van der Waals surface area contributed by atoms with E-state index < -0.39 is 0 Å². The summed E-state index contributed by atoms with van der Waals surface area (Å²) in [4.78, 5) is 2.59. The van der Waals surface area contributed by atoms with Gasteiger partial charge in [-0.3, -0.25) is 9.58 Å². The van der Waals surface area contributed by atoms with Crippen molar-refractivity contribution in [2.75, 3.05) is 25.0 Å². The Morgan fingerprint density at radius 3 is 2.71 bits per heavy atom. The van der Waals surface area contributed by atoms with E-state index in [-0.39, 0.29) is 0 Å². The summed E-state index contributed by atoms with van der Waals surface area (Å²) >= 11 is 0. The molecule has 0 saturated carbocycles. The minimum Gasteiger partial charge on any atom is -0.370 e. The second kappa shape index (κ2) is 6.98. The minimum atomic E-state index is 0.631. The molecule has 0 bridgehead atoms. The van der Waals surface area contributed by atoms with Gasteiger partial charge in [0.15, 0.2) is 0 Å². The maximum atomic E-state index is 4.90. The van der Waals surface area contributed by atoms with Gasteiger partial charge in [0.05, 0.1) is 5.69 Å². The van der Waals surface area contributed by atoms with Crippen LogP contribution in [0.25, 0.3) is 0 Å². The lowest BCUT2D eigenvalue weighted by atomic mass is 9.90. The van der Waals surface area contributed by atoms with Crippen LogP contribution < -0.4 is 5.32 Å². The number of benzene rings is 1. The topological polar surface area (TPSA) is 33.1 Å². The van der Waals surface area contributed by atoms with E-state index >= 15 is 0 Å². The first-order valence-electron chi connectivity index (χ1n) is 9.37. The van der Waals surface area contributed by atoms with Crippen molar-refractivity contribution in [3.8, 4) is 0 Å². The van der Waals surface area contributed by atoms with Crippen LogP contribution in [0, 0.1) is 0 Å². The number of fused-ring (bicyclic) bond motifs is 1. The lowest BCUT2D eigenvalue weighted by Crippen LogP contribution is -2.32. The zero-order valence-corrected chi connectivity index (χ0v) is 14.7. The summed E-state index contributed by atoms with van der Waals surface area (Å²) in [5.74, 6) is 1.90. The zero-order valence-electron chi connectivity index (χ0n) is 14.7. The SMILES string of the molecule is Cn1nc(C2CCN(Cc3ccccc3)CC2)c2c1NCCCC2. The van der Waals surface area contributed by atoms with Gasteiger partial charge in [0.25, 0.3) is 0 Å². The number of hydrogen-bond donors (Lipinski definition) is 1. The smallest absolute Gasteiger partial charge is 0.127 e. The van der Waals surface area contributed by atoms with Crippen molar-refractivity contribution in [2.45, 2.75) is 44.6 Å². The van der Waals surface area contributed by atoms with E-state index in [1.54, 1.807) is 0 Å². The molecule has 4 rings (SSSR count). The van der Waals surface area contributed by atoms with Crippen molar-refractivity contribution in [2.24, 2.45) is 7.05 Å². The van der Waals surface area contributed by atoms with Crippen molar-refractivity contribution in [3.63, 3.8) is 0 Å². The van der Waals surface area contributed by atoms with E-state index in [4.69, 9.17) is 5.10 Å². The highest BCUT2D eigenvalue weighted by Gasteiger charge is 2.27. The lowest BCUT2D eigenvalue weighted by Gasteiger charge is -2.31. The van der Waals surface area contributed by atoms with Crippen LogP contribution in [-0.4, -0.2) is 34.3 Å². The average Bonchev–Trinajstić information content (AvgIpc) is 2.79. The van der Waals surface area contributed by atoms with E-state index in [9.17, 15) is 0 Å². The first-order chi connectivity index (χ1) is 11.8. The molecule has 2 aromatic rings. The minimum absolute atomic E-state index is 0.631. The monoisotopic (exact) mass is 324 g/mol. The Hall–Kier alpha value is -1.81. The molecule has 0 aliphatic carbocycles. The number of anilines is 1. The van der Waals surface area contributed by atoms with Crippen molar-refractivity contribution in [1.82, 2.24) is 14.7 Å². The molecule has 1 saturated heterocycles. The second-order valence-electron chi connectivity index (χ2n) is 7.26. The summed E-state index contributed by atoms with van der Waals surface area (Å²) in [5.41, 5.74) is 4.30. The Morgan fingerprint density at radius 2 is 1.92 bits per heavy atom. The number of nitrogens with zero attached hydrogens (tertiary/aromatic N) is 3. The van der Waals surface area contributed by atoms with E-state index in [1.165, 1.54) is 67.8 Å². The summed E-state index contributed by atoms with van der Waals surface area (Å²) < 4.78 is 2.08. The Morgan fingerprint density at radius 1 is 1.12 bits per heavy atom. The summed E-state index contributed by atoms with van der Waals surface area (Å²) in [5, 5.41) is 8.49. The van der Waals surface area contributed by atoms with Crippen LogP contribution in [0.2, 0.25) is 0 Å². The fraction of sp³-hybridized carbons (Fsp3) is 0.550. The van der Waals surface area contributed by atoms with Crippen LogP contribution in [0.1, 0.15) is 48.4 Å². The third-order valence-corrected chi connectivity index (χ3v) is 5.55. The summed E-state index contributed by atoms with van der Waals surface area (Å²) in [7, 11) is 2.09. The number of aryl methyl sites for hydroxylation is 1. The number of rotatable bonds is 3. The first-order valence-corrected chi connectivity index (χ1v) is 9.37. The molecule has 1 N–H and O–H groups in total. The quantitative estimate of drug-likeness (QED) is 0.937. The van der Waals surface area contributed by atoms with Crippen molar-refractivity contribution >= 4 is 5.82 Å². The van der Waals surface area contributed by atoms with Gasteiger partial charge in [-0.1, -0.05) is 30.3 Å². The summed E-state index contributed by atoms with van der Waals surface area (Å²) in [6.07, 6.45) is 6.21. The molecule has 24 heavy (non-hydrogen) atoms. The maximum absolute atomic E-state index is 4.90. The van der Waals surface area contributed by atoms with Gasteiger partial charge >= 0.3 is 0 Å². The van der Waals surface area contributed by atoms with Gasteiger partial charge in [0, 0.05) is 31.6 Å². The van der Waals surface area contributed by atoms with Crippen molar-refractivity contribution in [1.29, 1.82) is 0 Å². The van der Waals surface area contributed by atoms with Crippen LogP contribution in [-0.2, 0) is 20.0 Å². The third-order valence-electron chi connectivity index (χ3n) is 5.55. The number of nitrogens with one attached hydrogen (secondary N) is 1. The van der Waals surface area contributed by atoms with Crippen LogP contribution in [0.4, 0.5) is 5.82 Å². The molecular weight excluding hydrogens is 296 g/mol. The van der Waals surface area contributed by atoms with Crippen molar-refractivity contribution < 1.29 is 0 Å². The van der Waals surface area contributed by atoms with Crippen LogP contribution in [0.15, 0.2) is 30.3 Å². The van der Waals surface area contributed by atoms with Gasteiger partial charge in [-0.15, -0.1) is 0 Å². The molecule has 3 heterocycles. The zero-order chi connectivity index (χ0) is 16.4. The molecule has 4 heteroatoms. The normalized spacial score (nSPS) is 19.5. The van der Waals surface area contributed by atoms with Crippen LogP contribution >= 0.6 is 0 Å². The predicted octanol–water partition coefficient (Wildman–Crippen LogP) is 3.55. The maximum Gasteiger partial charge on any atom is 0.127 e. The molecule has 0 amide bonds. The highest BCUT2D eigenvalue weighted by molar-refractivity contribution is 5.49. The van der Waals surface area contributed by atoms with Gasteiger partial charge in [-0.05, 0) is 50.8 Å². The molecule has 0 radical (unpaired) electrons. The number of aromatic nitrogens is 2. The number of likely N-dealkylation sites (tertiary alicyclic amines) is 1. The Bertz CT molecular complexity index is 668. The van der Waals surface area contributed by atoms with E-state index in [2.05, 4.69) is 52.3 Å². The molecule has 128 valence electrons. The Kier molecular flexibility index (Phi) is 4.56. The van der Waals surface area contributed by atoms with E-state index in [0.29, 0.717) is 5.92 Å². The first kappa shape index (κ1) is 15.7. The van der Waals surface area contributed by atoms with Gasteiger partial charge in [-0.25, -0.2) is 0 Å². The summed E-state index contributed by atoms with van der Waals surface area (Å²) in [6.45, 7) is 4.52. The second-order valence-corrected chi connectivity index (χ2v) is 7.26. The molecule has 0 unspecified atom stereocenters. The molecule has 0 spiro atoms. The molecule has 1 fully saturated rings. The fourth-order valence-electron chi connectivity index (χ4n) is 4.22. The van der Waals surface area contributed by atoms with E-state index in [1.807, 2.05) is 0 Å². The largest absolute Gasteiger partial charge is 0.370 e. The van der Waals surface area contributed by atoms with Gasteiger partial charge in [0.1, 0.15) is 5.82 Å². The highest BCUT2D eigenvalue weighted by Crippen LogP contribution is 2.34. The average molecular weight is 324 g/mol. The molecule has 4 nitrogen and oxygen atoms in total. The summed E-state index contributed by atoms with van der Waals surface area (Å²) in [6, 6.07) is 10.8. The van der Waals surface area contributed by atoms with Crippen LogP contribution in [0.3, 0.4) is 0 Å². The van der Waals surface area contributed by atoms with Crippen LogP contribution in [0.5, 0.6) is 0 Å². The fourth-order valence-corrected chi connectivity index (χ4v) is 4.22. The van der Waals surface area contributed by atoms with Gasteiger partial charge in [-0.2, -0.15) is 5.10 Å². The molecule has 1 aromatic heterocycles. The van der Waals surface area contributed by atoms with Crippen molar-refractivity contribution in [3.05, 3.63) is 47.2 Å². The van der Waals surface area contributed by atoms with Gasteiger partial charge in [0.2, 0.25) is 0 Å².